The van der Waals surface area contributed by atoms with Crippen LogP contribution in [0, 0.1) is 0 Å². The van der Waals surface area contributed by atoms with Gasteiger partial charge in [0.05, 0.1) is 0 Å². The maximum Gasteiger partial charge on any atom is 0.418 e. The molecule has 1 aromatic rings. The fourth-order valence-electron chi connectivity index (χ4n) is 0.976. The Morgan fingerprint density at radius 2 is 1.67 bits per heavy atom. The predicted molar refractivity (Wildman–Crippen MR) is 47.1 cm³/mol. The first-order valence-electron chi connectivity index (χ1n) is 4.39. The van der Waals surface area contributed by atoms with Gasteiger partial charge in [-0.25, -0.2) is 9.97 Å². The molecule has 0 radical (unpaired) electrons. The lowest BCUT2D eigenvalue weighted by molar-refractivity contribution is -0.207. The van der Waals surface area contributed by atoms with Gasteiger partial charge < -0.3 is 5.11 Å². The quantitative estimate of drug-likeness (QED) is 0.831. The third-order valence-corrected chi connectivity index (χ3v) is 1.83. The van der Waals surface area contributed by atoms with E-state index in [0.717, 1.165) is 12.4 Å². The Kier molecular flexibility index (Phi) is 3.28. The Morgan fingerprint density at radius 3 is 2.00 bits per heavy atom. The summed E-state index contributed by atoms with van der Waals surface area (Å²) in [6.07, 6.45) is -5.19. The molecule has 0 bridgehead atoms. The van der Waals surface area contributed by atoms with Crippen molar-refractivity contribution < 1.29 is 18.3 Å². The molecule has 1 N–H and O–H groups in total. The molecule has 0 spiro atoms. The van der Waals surface area contributed by atoms with Crippen LogP contribution in [0.1, 0.15) is 37.3 Å². The van der Waals surface area contributed by atoms with Crippen LogP contribution < -0.4 is 0 Å². The van der Waals surface area contributed by atoms with Gasteiger partial charge in [0.2, 0.25) is 0 Å². The van der Waals surface area contributed by atoms with Crippen LogP contribution in [0.15, 0.2) is 12.4 Å². The van der Waals surface area contributed by atoms with Gasteiger partial charge in [-0.05, 0) is 0 Å². The van der Waals surface area contributed by atoms with Crippen molar-refractivity contribution in [1.82, 2.24) is 9.97 Å². The van der Waals surface area contributed by atoms with Crippen molar-refractivity contribution in [2.24, 2.45) is 0 Å². The summed E-state index contributed by atoms with van der Waals surface area (Å²) in [6.45, 7) is 3.66. The highest BCUT2D eigenvalue weighted by Crippen LogP contribution is 2.31. The molecule has 0 fully saturated rings. The van der Waals surface area contributed by atoms with Gasteiger partial charge in [-0.2, -0.15) is 13.2 Å². The van der Waals surface area contributed by atoms with E-state index in [-0.39, 0.29) is 11.5 Å². The zero-order chi connectivity index (χ0) is 11.6. The number of aromatic nitrogens is 2. The third-order valence-electron chi connectivity index (χ3n) is 1.83. The lowest BCUT2D eigenvalue weighted by Gasteiger charge is -2.14. The Hall–Kier alpha value is -1.17. The SMILES string of the molecule is CC(C)c1ncc(C(O)C(F)(F)F)cn1. The Labute approximate surface area is 85.0 Å². The van der Waals surface area contributed by atoms with Gasteiger partial charge in [-0.15, -0.1) is 0 Å². The van der Waals surface area contributed by atoms with Gasteiger partial charge in [0.25, 0.3) is 0 Å². The van der Waals surface area contributed by atoms with E-state index in [1.54, 1.807) is 0 Å². The normalized spacial score (nSPS) is 14.3. The molecule has 1 unspecified atom stereocenters. The minimum absolute atomic E-state index is 0.0436. The molecular weight excluding hydrogens is 209 g/mol. The van der Waals surface area contributed by atoms with E-state index in [9.17, 15) is 13.2 Å². The lowest BCUT2D eigenvalue weighted by atomic mass is 10.1. The molecule has 0 aliphatic carbocycles. The molecule has 1 aromatic heterocycles. The van der Waals surface area contributed by atoms with E-state index in [0.29, 0.717) is 5.82 Å². The predicted octanol–water partition coefficient (Wildman–Crippen LogP) is 2.20. The second kappa shape index (κ2) is 4.14. The molecule has 0 aromatic carbocycles. The first-order valence-corrected chi connectivity index (χ1v) is 4.39. The summed E-state index contributed by atoms with van der Waals surface area (Å²) in [7, 11) is 0. The number of alkyl halides is 3. The van der Waals surface area contributed by atoms with Crippen LogP contribution in [-0.4, -0.2) is 21.3 Å². The summed E-state index contributed by atoms with van der Waals surface area (Å²) in [6, 6.07) is 0. The zero-order valence-electron chi connectivity index (χ0n) is 8.28. The van der Waals surface area contributed by atoms with E-state index < -0.39 is 12.3 Å². The molecular formula is C9H11F3N2O. The van der Waals surface area contributed by atoms with Crippen LogP contribution in [0.4, 0.5) is 13.2 Å². The summed E-state index contributed by atoms with van der Waals surface area (Å²) in [4.78, 5) is 7.48. The fourth-order valence-corrected chi connectivity index (χ4v) is 0.976. The highest BCUT2D eigenvalue weighted by molar-refractivity contribution is 5.11. The number of rotatable bonds is 2. The number of hydrogen-bond donors (Lipinski definition) is 1. The molecule has 1 rings (SSSR count). The minimum atomic E-state index is -4.68. The highest BCUT2D eigenvalue weighted by Gasteiger charge is 2.39. The van der Waals surface area contributed by atoms with Crippen LogP contribution in [0.2, 0.25) is 0 Å². The van der Waals surface area contributed by atoms with E-state index >= 15 is 0 Å². The molecule has 0 aliphatic rings. The van der Waals surface area contributed by atoms with Crippen LogP contribution >= 0.6 is 0 Å². The fraction of sp³-hybridized carbons (Fsp3) is 0.556. The van der Waals surface area contributed by atoms with E-state index in [2.05, 4.69) is 9.97 Å². The van der Waals surface area contributed by atoms with Gasteiger partial charge in [0, 0.05) is 23.9 Å². The third kappa shape index (κ3) is 2.89. The van der Waals surface area contributed by atoms with Crippen LogP contribution in [0.3, 0.4) is 0 Å². The summed E-state index contributed by atoms with van der Waals surface area (Å²) < 4.78 is 36.3. The van der Waals surface area contributed by atoms with Crippen molar-refractivity contribution in [2.45, 2.75) is 32.0 Å². The van der Waals surface area contributed by atoms with Gasteiger partial charge in [-0.1, -0.05) is 13.8 Å². The minimum Gasteiger partial charge on any atom is -0.379 e. The highest BCUT2D eigenvalue weighted by atomic mass is 19.4. The smallest absolute Gasteiger partial charge is 0.379 e. The van der Waals surface area contributed by atoms with Crippen molar-refractivity contribution in [2.75, 3.05) is 0 Å². The molecule has 0 aliphatic heterocycles. The first kappa shape index (κ1) is 11.9. The molecule has 84 valence electrons. The molecule has 6 heteroatoms. The van der Waals surface area contributed by atoms with Gasteiger partial charge >= 0.3 is 6.18 Å². The van der Waals surface area contributed by atoms with Gasteiger partial charge in [-0.3, -0.25) is 0 Å². The summed E-state index contributed by atoms with van der Waals surface area (Å²) in [5.41, 5.74) is -0.341. The standard InChI is InChI=1S/C9H11F3N2O/c1-5(2)8-13-3-6(4-14-8)7(15)9(10,11)12/h3-5,7,15H,1-2H3. The maximum absolute atomic E-state index is 12.1. The van der Waals surface area contributed by atoms with Crippen LogP contribution in [0.5, 0.6) is 0 Å². The molecule has 0 saturated heterocycles. The van der Waals surface area contributed by atoms with Crippen molar-refractivity contribution >= 4 is 0 Å². The first-order chi connectivity index (χ1) is 6.82. The Bertz CT molecular complexity index is 321. The zero-order valence-corrected chi connectivity index (χ0v) is 8.28. The van der Waals surface area contributed by atoms with Crippen molar-refractivity contribution in [3.8, 4) is 0 Å². The average Bonchev–Trinajstić information content (AvgIpc) is 2.15. The summed E-state index contributed by atoms with van der Waals surface area (Å²) in [5, 5.41) is 8.88. The molecule has 0 saturated carbocycles. The molecule has 0 amide bonds. The number of aliphatic hydroxyl groups excluding tert-OH is 1. The van der Waals surface area contributed by atoms with Crippen LogP contribution in [0.25, 0.3) is 0 Å². The molecule has 3 nitrogen and oxygen atoms in total. The van der Waals surface area contributed by atoms with Crippen molar-refractivity contribution in [3.63, 3.8) is 0 Å². The van der Waals surface area contributed by atoms with Crippen LogP contribution in [-0.2, 0) is 0 Å². The van der Waals surface area contributed by atoms with E-state index in [1.807, 2.05) is 13.8 Å². The van der Waals surface area contributed by atoms with Gasteiger partial charge in [0.1, 0.15) is 5.82 Å². The topological polar surface area (TPSA) is 46.0 Å². The Morgan fingerprint density at radius 1 is 1.20 bits per heavy atom. The second-order valence-electron chi connectivity index (χ2n) is 3.47. The lowest BCUT2D eigenvalue weighted by Crippen LogP contribution is -2.20. The number of aliphatic hydroxyl groups is 1. The number of halogens is 3. The van der Waals surface area contributed by atoms with E-state index in [1.165, 1.54) is 0 Å². The molecule has 15 heavy (non-hydrogen) atoms. The average molecular weight is 220 g/mol. The summed E-state index contributed by atoms with van der Waals surface area (Å²) >= 11 is 0. The van der Waals surface area contributed by atoms with Crippen molar-refractivity contribution in [1.29, 1.82) is 0 Å². The second-order valence-corrected chi connectivity index (χ2v) is 3.47. The molecule has 1 heterocycles. The largest absolute Gasteiger partial charge is 0.418 e. The molecule has 1 atom stereocenters. The Balaban J connectivity index is 2.89. The number of hydrogen-bond acceptors (Lipinski definition) is 3. The van der Waals surface area contributed by atoms with E-state index in [4.69, 9.17) is 5.11 Å². The maximum atomic E-state index is 12.1. The summed E-state index contributed by atoms with van der Waals surface area (Å²) in [5.74, 6) is 0.496. The van der Waals surface area contributed by atoms with Gasteiger partial charge in [0.15, 0.2) is 6.10 Å². The number of nitrogens with zero attached hydrogens (tertiary/aromatic N) is 2. The monoisotopic (exact) mass is 220 g/mol. The van der Waals surface area contributed by atoms with Crippen molar-refractivity contribution in [3.05, 3.63) is 23.8 Å².